The van der Waals surface area contributed by atoms with E-state index in [-0.39, 0.29) is 36.4 Å². The van der Waals surface area contributed by atoms with Gasteiger partial charge in [-0.1, -0.05) is 30.3 Å². The van der Waals surface area contributed by atoms with Gasteiger partial charge in [0, 0.05) is 25.6 Å². The Morgan fingerprint density at radius 3 is 2.80 bits per heavy atom. The number of carbonyl (C=O) groups excluding carboxylic acids is 1. The zero-order valence-corrected chi connectivity index (χ0v) is 19.7. The van der Waals surface area contributed by atoms with E-state index in [1.807, 2.05) is 31.2 Å². The Morgan fingerprint density at radius 2 is 2.07 bits per heavy atom. The maximum atomic E-state index is 12.1. The van der Waals surface area contributed by atoms with E-state index in [0.717, 1.165) is 44.4 Å². The molecule has 1 aliphatic heterocycles. The van der Waals surface area contributed by atoms with Gasteiger partial charge in [0.25, 0.3) is 0 Å². The minimum atomic E-state index is -0.126. The molecule has 1 fully saturated rings. The van der Waals surface area contributed by atoms with Crippen molar-refractivity contribution in [3.05, 3.63) is 60.1 Å². The second-order valence-corrected chi connectivity index (χ2v) is 7.13. The van der Waals surface area contributed by atoms with Crippen LogP contribution < -0.4 is 10.6 Å². The van der Waals surface area contributed by atoms with Gasteiger partial charge in [0.05, 0.1) is 26.0 Å². The number of benzene rings is 1. The average Bonchev–Trinajstić information content (AvgIpc) is 3.42. The van der Waals surface area contributed by atoms with Crippen LogP contribution in [-0.2, 0) is 22.7 Å². The third kappa shape index (κ3) is 7.98. The van der Waals surface area contributed by atoms with Crippen molar-refractivity contribution in [3.63, 3.8) is 0 Å². The van der Waals surface area contributed by atoms with Gasteiger partial charge < -0.3 is 24.7 Å². The summed E-state index contributed by atoms with van der Waals surface area (Å²) in [5, 5.41) is 6.11. The zero-order chi connectivity index (χ0) is 20.3. The maximum Gasteiger partial charge on any atom is 0.242 e. The molecule has 0 bridgehead atoms. The molecule has 0 spiro atoms. The van der Waals surface area contributed by atoms with Gasteiger partial charge in [-0.05, 0) is 31.0 Å². The molecule has 3 rings (SSSR count). The molecule has 2 aromatic rings. The van der Waals surface area contributed by atoms with Gasteiger partial charge in [-0.15, -0.1) is 24.0 Å². The van der Waals surface area contributed by atoms with Crippen LogP contribution >= 0.6 is 24.0 Å². The van der Waals surface area contributed by atoms with Crippen molar-refractivity contribution < 1.29 is 13.9 Å². The summed E-state index contributed by atoms with van der Waals surface area (Å²) in [6.07, 6.45) is 2.65. The monoisotopic (exact) mass is 526 g/mol. The maximum absolute atomic E-state index is 12.1. The Morgan fingerprint density at radius 1 is 1.23 bits per heavy atom. The molecule has 2 N–H and O–H groups in total. The van der Waals surface area contributed by atoms with Crippen LogP contribution in [0.2, 0.25) is 0 Å². The van der Waals surface area contributed by atoms with Crippen LogP contribution in [0.3, 0.4) is 0 Å². The van der Waals surface area contributed by atoms with E-state index >= 15 is 0 Å². The molecular weight excluding hydrogens is 495 g/mol. The molecule has 1 saturated heterocycles. The SMILES string of the molecule is CCNC(=NCC(=O)NCc1ccco1)N1CCC(COCc2ccccc2)C1.I. The second-order valence-electron chi connectivity index (χ2n) is 7.13. The van der Waals surface area contributed by atoms with E-state index in [0.29, 0.717) is 19.1 Å². The van der Waals surface area contributed by atoms with Gasteiger partial charge >= 0.3 is 0 Å². The third-order valence-electron chi connectivity index (χ3n) is 4.80. The van der Waals surface area contributed by atoms with Gasteiger partial charge in [0.15, 0.2) is 5.96 Å². The summed E-state index contributed by atoms with van der Waals surface area (Å²) in [5.74, 6) is 1.85. The largest absolute Gasteiger partial charge is 0.467 e. The quantitative estimate of drug-likeness (QED) is 0.299. The minimum absolute atomic E-state index is 0. The fourth-order valence-electron chi connectivity index (χ4n) is 3.31. The molecule has 1 aromatic carbocycles. The number of guanidine groups is 1. The third-order valence-corrected chi connectivity index (χ3v) is 4.80. The van der Waals surface area contributed by atoms with Crippen molar-refractivity contribution in [1.82, 2.24) is 15.5 Å². The van der Waals surface area contributed by atoms with Crippen molar-refractivity contribution in [1.29, 1.82) is 0 Å². The molecule has 0 saturated carbocycles. The van der Waals surface area contributed by atoms with Crippen LogP contribution in [0, 0.1) is 5.92 Å². The Hall–Kier alpha value is -2.07. The predicted octanol–water partition coefficient (Wildman–Crippen LogP) is 3.02. The minimum Gasteiger partial charge on any atom is -0.467 e. The van der Waals surface area contributed by atoms with E-state index < -0.39 is 0 Å². The summed E-state index contributed by atoms with van der Waals surface area (Å²) in [6.45, 7) is 6.43. The molecule has 164 valence electrons. The number of hydrogen-bond donors (Lipinski definition) is 2. The fourth-order valence-corrected chi connectivity index (χ4v) is 3.31. The highest BCUT2D eigenvalue weighted by atomic mass is 127. The number of rotatable bonds is 9. The number of nitrogens with one attached hydrogen (secondary N) is 2. The van der Waals surface area contributed by atoms with Crippen LogP contribution in [0.25, 0.3) is 0 Å². The van der Waals surface area contributed by atoms with Crippen LogP contribution in [0.1, 0.15) is 24.7 Å². The van der Waals surface area contributed by atoms with Crippen molar-refractivity contribution in [2.45, 2.75) is 26.5 Å². The molecule has 0 radical (unpaired) electrons. The summed E-state index contributed by atoms with van der Waals surface area (Å²) in [7, 11) is 0. The van der Waals surface area contributed by atoms with Gasteiger partial charge in [-0.2, -0.15) is 0 Å². The Bertz CT molecular complexity index is 768. The Kier molecular flexibility index (Phi) is 10.7. The topological polar surface area (TPSA) is 79.1 Å². The highest BCUT2D eigenvalue weighted by molar-refractivity contribution is 14.0. The van der Waals surface area contributed by atoms with Gasteiger partial charge in [-0.3, -0.25) is 4.79 Å². The van der Waals surface area contributed by atoms with E-state index in [4.69, 9.17) is 9.15 Å². The Labute approximate surface area is 195 Å². The standard InChI is InChI=1S/C22H30N4O3.HI/c1-2-23-22(25-14-21(27)24-13-20-9-6-12-29-20)26-11-10-19(15-26)17-28-16-18-7-4-3-5-8-18;/h3-9,12,19H,2,10-11,13-17H2,1H3,(H,23,25)(H,24,27);1H. The lowest BCUT2D eigenvalue weighted by Crippen LogP contribution is -2.41. The molecule has 2 heterocycles. The van der Waals surface area contributed by atoms with Crippen LogP contribution in [0.15, 0.2) is 58.1 Å². The van der Waals surface area contributed by atoms with Gasteiger partial charge in [0.2, 0.25) is 5.91 Å². The van der Waals surface area contributed by atoms with Gasteiger partial charge in [0.1, 0.15) is 12.3 Å². The summed E-state index contributed by atoms with van der Waals surface area (Å²) in [4.78, 5) is 18.8. The molecule has 30 heavy (non-hydrogen) atoms. The van der Waals surface area contributed by atoms with E-state index in [9.17, 15) is 4.79 Å². The zero-order valence-electron chi connectivity index (χ0n) is 17.4. The molecular formula is C22H31IN4O3. The lowest BCUT2D eigenvalue weighted by molar-refractivity contribution is -0.119. The molecule has 1 amide bonds. The van der Waals surface area contributed by atoms with Crippen LogP contribution in [-0.4, -0.2) is 49.6 Å². The van der Waals surface area contributed by atoms with Crippen LogP contribution in [0.5, 0.6) is 0 Å². The van der Waals surface area contributed by atoms with Gasteiger partial charge in [-0.25, -0.2) is 4.99 Å². The number of hydrogen-bond acceptors (Lipinski definition) is 4. The highest BCUT2D eigenvalue weighted by Gasteiger charge is 2.25. The number of ether oxygens (including phenoxy) is 1. The Balaban J connectivity index is 0.00000320. The number of aliphatic imine (C=N–C) groups is 1. The predicted molar refractivity (Wildman–Crippen MR) is 128 cm³/mol. The molecule has 1 unspecified atom stereocenters. The van der Waals surface area contributed by atoms with E-state index in [1.165, 1.54) is 5.56 Å². The molecule has 1 aromatic heterocycles. The second kappa shape index (κ2) is 13.3. The molecule has 0 aliphatic carbocycles. The first-order valence-electron chi connectivity index (χ1n) is 10.2. The lowest BCUT2D eigenvalue weighted by atomic mass is 10.1. The highest BCUT2D eigenvalue weighted by Crippen LogP contribution is 2.17. The number of furan rings is 1. The molecule has 7 nitrogen and oxygen atoms in total. The first-order chi connectivity index (χ1) is 14.2. The van der Waals surface area contributed by atoms with Crippen molar-refractivity contribution in [2.24, 2.45) is 10.9 Å². The molecule has 1 aliphatic rings. The summed E-state index contributed by atoms with van der Waals surface area (Å²) in [6, 6.07) is 13.9. The van der Waals surface area contributed by atoms with Crippen LogP contribution in [0.4, 0.5) is 0 Å². The first kappa shape index (κ1) is 24.2. The number of carbonyl (C=O) groups is 1. The first-order valence-corrected chi connectivity index (χ1v) is 10.2. The molecule has 8 heteroatoms. The van der Waals surface area contributed by atoms with E-state index in [1.54, 1.807) is 12.3 Å². The summed E-state index contributed by atoms with van der Waals surface area (Å²) >= 11 is 0. The molecule has 1 atom stereocenters. The number of amides is 1. The normalized spacial score (nSPS) is 16.2. The average molecular weight is 526 g/mol. The van der Waals surface area contributed by atoms with Crippen molar-refractivity contribution >= 4 is 35.8 Å². The number of nitrogens with zero attached hydrogens (tertiary/aromatic N) is 2. The number of likely N-dealkylation sites (tertiary alicyclic amines) is 1. The van der Waals surface area contributed by atoms with Crippen molar-refractivity contribution in [2.75, 3.05) is 32.8 Å². The van der Waals surface area contributed by atoms with E-state index in [2.05, 4.69) is 32.7 Å². The smallest absolute Gasteiger partial charge is 0.242 e. The van der Waals surface area contributed by atoms with Crippen molar-refractivity contribution in [3.8, 4) is 0 Å². The lowest BCUT2D eigenvalue weighted by Gasteiger charge is -2.21. The fraction of sp³-hybridized carbons (Fsp3) is 0.455. The summed E-state index contributed by atoms with van der Waals surface area (Å²) < 4.78 is 11.1. The summed E-state index contributed by atoms with van der Waals surface area (Å²) in [5.41, 5.74) is 1.19. The number of halogens is 1.